The molecule has 1 aromatic heterocycles. The zero-order valence-corrected chi connectivity index (χ0v) is 10.9. The zero-order chi connectivity index (χ0) is 11.8. The molecule has 0 amide bonds. The summed E-state index contributed by atoms with van der Waals surface area (Å²) in [6.07, 6.45) is 9.86. The van der Waals surface area contributed by atoms with Crippen molar-refractivity contribution < 1.29 is 9.30 Å². The fourth-order valence-corrected chi connectivity index (χ4v) is 1.75. The molecule has 1 heterocycles. The quantitative estimate of drug-likeness (QED) is 0.622. The van der Waals surface area contributed by atoms with Crippen molar-refractivity contribution in [3.8, 4) is 0 Å². The van der Waals surface area contributed by atoms with Crippen LogP contribution in [0.2, 0.25) is 0 Å². The molecule has 0 atom stereocenters. The van der Waals surface area contributed by atoms with E-state index in [0.717, 1.165) is 13.2 Å². The van der Waals surface area contributed by atoms with Gasteiger partial charge in [-0.1, -0.05) is 33.6 Å². The Morgan fingerprint density at radius 2 is 2.00 bits per heavy atom. The Balaban J connectivity index is 2.25. The molecular weight excluding hydrogens is 200 g/mol. The first-order valence-electron chi connectivity index (χ1n) is 6.42. The molecule has 0 fully saturated rings. The predicted molar refractivity (Wildman–Crippen MR) is 64.9 cm³/mol. The van der Waals surface area contributed by atoms with E-state index in [-0.39, 0.29) is 0 Å². The van der Waals surface area contributed by atoms with Gasteiger partial charge >= 0.3 is 0 Å². The molecule has 0 bridgehead atoms. The molecule has 16 heavy (non-hydrogen) atoms. The van der Waals surface area contributed by atoms with Crippen LogP contribution >= 0.6 is 0 Å². The van der Waals surface area contributed by atoms with E-state index in [1.165, 1.54) is 19.3 Å². The lowest BCUT2D eigenvalue weighted by Crippen LogP contribution is -2.33. The topological polar surface area (TPSA) is 18.0 Å². The predicted octanol–water partition coefficient (Wildman–Crippen LogP) is 2.60. The first-order chi connectivity index (χ1) is 7.80. The molecule has 0 aliphatic rings. The number of ether oxygens (including phenoxy) is 1. The van der Waals surface area contributed by atoms with Crippen molar-refractivity contribution >= 4 is 0 Å². The molecule has 92 valence electrons. The van der Waals surface area contributed by atoms with Crippen LogP contribution in [0.25, 0.3) is 0 Å². The van der Waals surface area contributed by atoms with Crippen LogP contribution in [0, 0.1) is 5.92 Å². The van der Waals surface area contributed by atoms with Crippen molar-refractivity contribution in [2.24, 2.45) is 5.92 Å². The molecule has 0 saturated carbocycles. The van der Waals surface area contributed by atoms with Crippen molar-refractivity contribution in [3.05, 3.63) is 18.7 Å². The smallest absolute Gasteiger partial charge is 0.245 e. The molecule has 3 nitrogen and oxygen atoms in total. The van der Waals surface area contributed by atoms with E-state index in [9.17, 15) is 0 Å². The maximum atomic E-state index is 5.70. The summed E-state index contributed by atoms with van der Waals surface area (Å²) >= 11 is 0. The SMILES string of the molecule is CCCn1cc[n+](COCC(CC)CC)c1. The molecule has 0 aliphatic carbocycles. The lowest BCUT2D eigenvalue weighted by molar-refractivity contribution is -0.732. The molecule has 0 spiro atoms. The van der Waals surface area contributed by atoms with E-state index in [4.69, 9.17) is 4.74 Å². The molecule has 0 saturated heterocycles. The van der Waals surface area contributed by atoms with Crippen molar-refractivity contribution in [1.29, 1.82) is 0 Å². The number of hydrogen-bond donors (Lipinski definition) is 0. The second-order valence-electron chi connectivity index (χ2n) is 4.35. The molecule has 0 N–H and O–H groups in total. The van der Waals surface area contributed by atoms with Gasteiger partial charge in [-0.15, -0.1) is 0 Å². The minimum atomic E-state index is 0.674. The molecular formula is C13H25N2O+. The Bertz CT molecular complexity index is 279. The van der Waals surface area contributed by atoms with Crippen LogP contribution in [0.4, 0.5) is 0 Å². The highest BCUT2D eigenvalue weighted by Gasteiger charge is 2.06. The number of nitrogens with zero attached hydrogens (tertiary/aromatic N) is 2. The second kappa shape index (κ2) is 7.44. The Morgan fingerprint density at radius 1 is 1.25 bits per heavy atom. The molecule has 0 aliphatic heterocycles. The Hall–Kier alpha value is -0.830. The highest BCUT2D eigenvalue weighted by atomic mass is 16.5. The maximum Gasteiger partial charge on any atom is 0.245 e. The first kappa shape index (κ1) is 13.2. The number of rotatable bonds is 8. The van der Waals surface area contributed by atoms with Crippen molar-refractivity contribution in [2.75, 3.05) is 6.61 Å². The molecule has 0 radical (unpaired) electrons. The third-order valence-corrected chi connectivity index (χ3v) is 2.98. The third kappa shape index (κ3) is 4.35. The Morgan fingerprint density at radius 3 is 2.62 bits per heavy atom. The van der Waals surface area contributed by atoms with E-state index < -0.39 is 0 Å². The Labute approximate surface area is 99.0 Å². The molecule has 1 aromatic rings. The van der Waals surface area contributed by atoms with Crippen LogP contribution in [0.1, 0.15) is 40.0 Å². The summed E-state index contributed by atoms with van der Waals surface area (Å²) in [5.74, 6) is 0.707. The second-order valence-corrected chi connectivity index (χ2v) is 4.35. The van der Waals surface area contributed by atoms with Gasteiger partial charge in [0.15, 0.2) is 6.73 Å². The van der Waals surface area contributed by atoms with Crippen LogP contribution in [-0.4, -0.2) is 11.2 Å². The van der Waals surface area contributed by atoms with Gasteiger partial charge in [-0.25, -0.2) is 9.13 Å². The summed E-state index contributed by atoms with van der Waals surface area (Å²) in [4.78, 5) is 0. The van der Waals surface area contributed by atoms with Gasteiger partial charge in [-0.3, -0.25) is 0 Å². The highest BCUT2D eigenvalue weighted by Crippen LogP contribution is 2.07. The van der Waals surface area contributed by atoms with Gasteiger partial charge < -0.3 is 4.74 Å². The van der Waals surface area contributed by atoms with Crippen LogP contribution < -0.4 is 4.57 Å². The third-order valence-electron chi connectivity index (χ3n) is 2.98. The molecule has 0 unspecified atom stereocenters. The lowest BCUT2D eigenvalue weighted by atomic mass is 10.1. The van der Waals surface area contributed by atoms with Crippen LogP contribution in [0.5, 0.6) is 0 Å². The summed E-state index contributed by atoms with van der Waals surface area (Å²) in [5.41, 5.74) is 0. The fraction of sp³-hybridized carbons (Fsp3) is 0.769. The van der Waals surface area contributed by atoms with Crippen LogP contribution in [0.3, 0.4) is 0 Å². The van der Waals surface area contributed by atoms with Gasteiger partial charge in [0.1, 0.15) is 12.4 Å². The average Bonchev–Trinajstić information content (AvgIpc) is 2.73. The van der Waals surface area contributed by atoms with E-state index in [2.05, 4.69) is 48.6 Å². The van der Waals surface area contributed by atoms with E-state index in [0.29, 0.717) is 12.6 Å². The number of aromatic nitrogens is 2. The van der Waals surface area contributed by atoms with Gasteiger partial charge in [0, 0.05) is 0 Å². The van der Waals surface area contributed by atoms with Gasteiger partial charge in [0.25, 0.3) is 0 Å². The standard InChI is InChI=1S/C13H25N2O/c1-4-7-14-8-9-15(11-14)12-16-10-13(5-2)6-3/h8-9,11,13H,4-7,10,12H2,1-3H3/q+1. The van der Waals surface area contributed by atoms with Crippen LogP contribution in [-0.2, 0) is 18.0 Å². The number of hydrogen-bond acceptors (Lipinski definition) is 1. The van der Waals surface area contributed by atoms with Gasteiger partial charge in [0.2, 0.25) is 6.33 Å². The minimum Gasteiger partial charge on any atom is -0.341 e. The summed E-state index contributed by atoms with van der Waals surface area (Å²) < 4.78 is 9.99. The zero-order valence-electron chi connectivity index (χ0n) is 10.9. The van der Waals surface area contributed by atoms with E-state index in [1.54, 1.807) is 0 Å². The Kier molecular flexibility index (Phi) is 6.16. The summed E-state index contributed by atoms with van der Waals surface area (Å²) in [7, 11) is 0. The minimum absolute atomic E-state index is 0.674. The van der Waals surface area contributed by atoms with E-state index >= 15 is 0 Å². The maximum absolute atomic E-state index is 5.70. The highest BCUT2D eigenvalue weighted by molar-refractivity contribution is 4.65. The molecule has 0 aromatic carbocycles. The largest absolute Gasteiger partial charge is 0.341 e. The van der Waals surface area contributed by atoms with Gasteiger partial charge in [-0.05, 0) is 12.3 Å². The van der Waals surface area contributed by atoms with Crippen molar-refractivity contribution in [2.45, 2.75) is 53.3 Å². The monoisotopic (exact) mass is 225 g/mol. The average molecular weight is 225 g/mol. The summed E-state index contributed by atoms with van der Waals surface area (Å²) in [5, 5.41) is 0. The number of imidazole rings is 1. The van der Waals surface area contributed by atoms with Crippen LogP contribution in [0.15, 0.2) is 18.7 Å². The first-order valence-corrected chi connectivity index (χ1v) is 6.42. The molecule has 3 heteroatoms. The number of aryl methyl sites for hydroxylation is 1. The van der Waals surface area contributed by atoms with E-state index in [1.807, 2.05) is 0 Å². The van der Waals surface area contributed by atoms with Crippen molar-refractivity contribution in [3.63, 3.8) is 0 Å². The molecule has 1 rings (SSSR count). The lowest BCUT2D eigenvalue weighted by Gasteiger charge is -2.10. The summed E-state index contributed by atoms with van der Waals surface area (Å²) in [6.45, 7) is 9.27. The fourth-order valence-electron chi connectivity index (χ4n) is 1.75. The van der Waals surface area contributed by atoms with Gasteiger partial charge in [0.05, 0.1) is 13.2 Å². The normalized spacial score (nSPS) is 11.2. The van der Waals surface area contributed by atoms with Gasteiger partial charge in [-0.2, -0.15) is 0 Å². The summed E-state index contributed by atoms with van der Waals surface area (Å²) in [6, 6.07) is 0. The van der Waals surface area contributed by atoms with Crippen molar-refractivity contribution in [1.82, 2.24) is 4.57 Å².